The lowest BCUT2D eigenvalue weighted by atomic mass is 10.1. The van der Waals surface area contributed by atoms with E-state index in [1.54, 1.807) is 28.0 Å². The molecule has 1 unspecified atom stereocenters. The van der Waals surface area contributed by atoms with Crippen LogP contribution in [0.4, 0.5) is 5.69 Å². The molecule has 28 heavy (non-hydrogen) atoms. The lowest BCUT2D eigenvalue weighted by Crippen LogP contribution is -2.38. The van der Waals surface area contributed by atoms with Gasteiger partial charge in [0.2, 0.25) is 21.8 Å². The predicted octanol–water partition coefficient (Wildman–Crippen LogP) is 1.86. The van der Waals surface area contributed by atoms with E-state index in [1.807, 2.05) is 20.8 Å². The highest BCUT2D eigenvalue weighted by Gasteiger charge is 2.33. The van der Waals surface area contributed by atoms with Gasteiger partial charge in [0.15, 0.2) is 0 Å². The van der Waals surface area contributed by atoms with Gasteiger partial charge in [-0.25, -0.2) is 8.42 Å². The molecule has 1 aromatic carbocycles. The first-order valence-electron chi connectivity index (χ1n) is 9.84. The molecule has 0 N–H and O–H groups in total. The van der Waals surface area contributed by atoms with Crippen LogP contribution >= 0.6 is 0 Å². The van der Waals surface area contributed by atoms with E-state index in [0.717, 1.165) is 11.3 Å². The van der Waals surface area contributed by atoms with Crippen LogP contribution in [0.2, 0.25) is 0 Å². The van der Waals surface area contributed by atoms with Crippen molar-refractivity contribution < 1.29 is 18.0 Å². The van der Waals surface area contributed by atoms with Crippen LogP contribution in [0.25, 0.3) is 0 Å². The van der Waals surface area contributed by atoms with E-state index in [1.165, 1.54) is 11.2 Å². The van der Waals surface area contributed by atoms with Crippen molar-refractivity contribution in [2.24, 2.45) is 5.92 Å². The minimum Gasteiger partial charge on any atom is -0.341 e. The second-order valence-electron chi connectivity index (χ2n) is 7.97. The topological polar surface area (TPSA) is 78.0 Å². The third-order valence-corrected chi connectivity index (χ3v) is 7.40. The van der Waals surface area contributed by atoms with Crippen molar-refractivity contribution in [3.8, 4) is 0 Å². The van der Waals surface area contributed by atoms with Gasteiger partial charge < -0.3 is 9.80 Å². The molecule has 0 aromatic heterocycles. The van der Waals surface area contributed by atoms with Gasteiger partial charge in [-0.15, -0.1) is 0 Å². The first-order valence-corrected chi connectivity index (χ1v) is 11.3. The third-order valence-electron chi connectivity index (χ3n) is 5.50. The normalized spacial score (nSPS) is 21.0. The fourth-order valence-corrected chi connectivity index (χ4v) is 5.64. The molecular weight excluding hydrogens is 378 g/mol. The van der Waals surface area contributed by atoms with Gasteiger partial charge in [0.1, 0.15) is 0 Å². The second kappa shape index (κ2) is 7.83. The zero-order valence-electron chi connectivity index (χ0n) is 17.0. The SMILES string of the molecule is CC(=O)N1c2ccc(S(=O)(=O)N3CCCN(C(=O)C(C)C)CC3)cc2CC1C. The number of sulfonamides is 1. The Hall–Kier alpha value is -1.93. The van der Waals surface area contributed by atoms with Gasteiger partial charge in [0.25, 0.3) is 0 Å². The molecule has 0 spiro atoms. The van der Waals surface area contributed by atoms with Gasteiger partial charge in [-0.2, -0.15) is 4.31 Å². The van der Waals surface area contributed by atoms with E-state index < -0.39 is 10.0 Å². The van der Waals surface area contributed by atoms with Crippen LogP contribution in [0, 0.1) is 5.92 Å². The van der Waals surface area contributed by atoms with E-state index in [2.05, 4.69) is 0 Å². The smallest absolute Gasteiger partial charge is 0.243 e. The first-order chi connectivity index (χ1) is 13.1. The Morgan fingerprint density at radius 1 is 1.11 bits per heavy atom. The Balaban J connectivity index is 1.81. The molecule has 2 aliphatic rings. The van der Waals surface area contributed by atoms with Crippen LogP contribution in [0.1, 0.15) is 39.7 Å². The van der Waals surface area contributed by atoms with E-state index in [0.29, 0.717) is 39.0 Å². The lowest BCUT2D eigenvalue weighted by molar-refractivity contribution is -0.134. The highest BCUT2D eigenvalue weighted by Crippen LogP contribution is 2.34. The number of carbonyl (C=O) groups is 2. The fraction of sp³-hybridized carbons (Fsp3) is 0.600. The van der Waals surface area contributed by atoms with Gasteiger partial charge in [-0.3, -0.25) is 9.59 Å². The van der Waals surface area contributed by atoms with Crippen molar-refractivity contribution in [2.45, 2.75) is 51.5 Å². The standard InChI is InChI=1S/C20H29N3O4S/c1-14(2)20(25)21-8-5-9-22(11-10-21)28(26,27)18-6-7-19-17(13-18)12-15(3)23(19)16(4)24/h6-7,13-15H,5,8-12H2,1-4H3. The Bertz CT molecular complexity index is 881. The van der Waals surface area contributed by atoms with Crippen LogP contribution in [0.5, 0.6) is 0 Å². The number of fused-ring (bicyclic) bond motifs is 1. The minimum atomic E-state index is -3.64. The second-order valence-corrected chi connectivity index (χ2v) is 9.91. The number of hydrogen-bond donors (Lipinski definition) is 0. The van der Waals surface area contributed by atoms with Crippen LogP contribution in [-0.4, -0.2) is 61.7 Å². The molecule has 0 saturated carbocycles. The molecule has 0 bridgehead atoms. The van der Waals surface area contributed by atoms with E-state index in [-0.39, 0.29) is 28.7 Å². The average molecular weight is 408 g/mol. The summed E-state index contributed by atoms with van der Waals surface area (Å²) < 4.78 is 27.9. The van der Waals surface area contributed by atoms with E-state index in [4.69, 9.17) is 0 Å². The van der Waals surface area contributed by atoms with Gasteiger partial charge >= 0.3 is 0 Å². The highest BCUT2D eigenvalue weighted by atomic mass is 32.2. The summed E-state index contributed by atoms with van der Waals surface area (Å²) in [5, 5.41) is 0. The van der Waals surface area contributed by atoms with Gasteiger partial charge in [-0.05, 0) is 43.5 Å². The molecule has 2 amide bonds. The Morgan fingerprint density at radius 3 is 2.46 bits per heavy atom. The van der Waals surface area contributed by atoms with Gasteiger partial charge in [0.05, 0.1) is 4.90 Å². The molecule has 7 nitrogen and oxygen atoms in total. The third kappa shape index (κ3) is 3.80. The Labute approximate surface area is 167 Å². The number of benzene rings is 1. The molecule has 1 atom stereocenters. The number of carbonyl (C=O) groups excluding carboxylic acids is 2. The molecule has 2 aliphatic heterocycles. The summed E-state index contributed by atoms with van der Waals surface area (Å²) in [4.78, 5) is 27.9. The molecule has 2 heterocycles. The molecule has 3 rings (SSSR count). The van der Waals surface area contributed by atoms with Crippen LogP contribution in [-0.2, 0) is 26.0 Å². The van der Waals surface area contributed by atoms with Crippen molar-refractivity contribution >= 4 is 27.5 Å². The number of rotatable bonds is 3. The maximum absolute atomic E-state index is 13.2. The minimum absolute atomic E-state index is 0.0271. The van der Waals surface area contributed by atoms with Crippen molar-refractivity contribution in [3.63, 3.8) is 0 Å². The Morgan fingerprint density at radius 2 is 1.82 bits per heavy atom. The van der Waals surface area contributed by atoms with Crippen molar-refractivity contribution in [2.75, 3.05) is 31.1 Å². The molecule has 1 aromatic rings. The molecular formula is C20H29N3O4S. The zero-order chi connectivity index (χ0) is 20.6. The van der Waals surface area contributed by atoms with Gasteiger partial charge in [0, 0.05) is 50.7 Å². The summed E-state index contributed by atoms with van der Waals surface area (Å²) in [6, 6.07) is 5.05. The lowest BCUT2D eigenvalue weighted by Gasteiger charge is -2.23. The summed E-state index contributed by atoms with van der Waals surface area (Å²) in [6.07, 6.45) is 1.27. The van der Waals surface area contributed by atoms with Crippen LogP contribution in [0.15, 0.2) is 23.1 Å². The Kier molecular flexibility index (Phi) is 5.82. The summed E-state index contributed by atoms with van der Waals surface area (Å²) in [5.74, 6) is -0.0644. The van der Waals surface area contributed by atoms with E-state index >= 15 is 0 Å². The van der Waals surface area contributed by atoms with Gasteiger partial charge in [-0.1, -0.05) is 13.8 Å². The average Bonchev–Trinajstić information content (AvgIpc) is 2.79. The monoisotopic (exact) mass is 407 g/mol. The van der Waals surface area contributed by atoms with Crippen molar-refractivity contribution in [1.82, 2.24) is 9.21 Å². The fourth-order valence-electron chi connectivity index (χ4n) is 4.12. The number of nitrogens with zero attached hydrogens (tertiary/aromatic N) is 3. The largest absolute Gasteiger partial charge is 0.341 e. The number of hydrogen-bond acceptors (Lipinski definition) is 4. The molecule has 0 aliphatic carbocycles. The highest BCUT2D eigenvalue weighted by molar-refractivity contribution is 7.89. The summed E-state index contributed by atoms with van der Waals surface area (Å²) in [5.41, 5.74) is 1.68. The molecule has 154 valence electrons. The number of anilines is 1. The van der Waals surface area contributed by atoms with E-state index in [9.17, 15) is 18.0 Å². The maximum atomic E-state index is 13.2. The molecule has 1 fully saturated rings. The maximum Gasteiger partial charge on any atom is 0.243 e. The predicted molar refractivity (Wildman–Crippen MR) is 108 cm³/mol. The first kappa shape index (κ1) is 20.8. The molecule has 0 radical (unpaired) electrons. The van der Waals surface area contributed by atoms with Crippen molar-refractivity contribution in [3.05, 3.63) is 23.8 Å². The van der Waals surface area contributed by atoms with Crippen LogP contribution in [0.3, 0.4) is 0 Å². The summed E-state index contributed by atoms with van der Waals surface area (Å²) >= 11 is 0. The quantitative estimate of drug-likeness (QED) is 0.766. The van der Waals surface area contributed by atoms with Crippen LogP contribution < -0.4 is 4.90 Å². The summed E-state index contributed by atoms with van der Waals surface area (Å²) in [6.45, 7) is 8.90. The zero-order valence-corrected chi connectivity index (χ0v) is 17.8. The molecule has 8 heteroatoms. The summed E-state index contributed by atoms with van der Waals surface area (Å²) in [7, 11) is -3.64. The van der Waals surface area contributed by atoms with Crippen molar-refractivity contribution in [1.29, 1.82) is 0 Å². The molecule has 1 saturated heterocycles. The number of amides is 2.